The number of amides is 1. The molecule has 1 atom stereocenters. The Labute approximate surface area is 201 Å². The van der Waals surface area contributed by atoms with Crippen molar-refractivity contribution in [2.45, 2.75) is 17.1 Å². The van der Waals surface area contributed by atoms with Gasteiger partial charge in [-0.1, -0.05) is 24.3 Å². The highest BCUT2D eigenvalue weighted by atomic mass is 32.2. The Balaban J connectivity index is 1.59. The summed E-state index contributed by atoms with van der Waals surface area (Å²) in [7, 11) is 1.60. The highest BCUT2D eigenvalue weighted by molar-refractivity contribution is 8.00. The molecule has 3 aromatic carbocycles. The van der Waals surface area contributed by atoms with Gasteiger partial charge in [-0.25, -0.2) is 4.79 Å². The summed E-state index contributed by atoms with van der Waals surface area (Å²) in [5, 5.41) is 18.1. The molecular weight excluding hydrogens is 458 g/mol. The number of rotatable bonds is 8. The zero-order chi connectivity index (χ0) is 23.8. The molecule has 0 saturated heterocycles. The van der Waals surface area contributed by atoms with Gasteiger partial charge in [-0.15, -0.1) is 11.8 Å². The van der Waals surface area contributed by atoms with E-state index in [0.717, 1.165) is 16.3 Å². The number of thioether (sulfide) groups is 1. The lowest BCUT2D eigenvalue weighted by Crippen LogP contribution is -2.22. The monoisotopic (exact) mass is 481 g/mol. The summed E-state index contributed by atoms with van der Waals surface area (Å²) in [6.07, 6.45) is 0. The fourth-order valence-corrected chi connectivity index (χ4v) is 4.07. The molecule has 3 aromatic rings. The zero-order valence-electron chi connectivity index (χ0n) is 18.0. The minimum absolute atomic E-state index is 0.115. The van der Waals surface area contributed by atoms with Gasteiger partial charge in [0.1, 0.15) is 5.75 Å². The van der Waals surface area contributed by atoms with Crippen LogP contribution in [0, 0.1) is 0 Å². The predicted molar refractivity (Wildman–Crippen MR) is 137 cm³/mol. The third-order valence-corrected chi connectivity index (χ3v) is 5.80. The molecule has 0 radical (unpaired) electrons. The fourth-order valence-electron chi connectivity index (χ4n) is 2.91. The summed E-state index contributed by atoms with van der Waals surface area (Å²) in [6, 6.07) is 21.2. The van der Waals surface area contributed by atoms with E-state index >= 15 is 0 Å². The molecule has 170 valence electrons. The van der Waals surface area contributed by atoms with Gasteiger partial charge in [0.05, 0.1) is 23.6 Å². The van der Waals surface area contributed by atoms with Gasteiger partial charge in [0.15, 0.2) is 5.11 Å². The molecule has 1 unspecified atom stereocenters. The topological polar surface area (TPSA) is 99.7 Å². The van der Waals surface area contributed by atoms with Gasteiger partial charge in [-0.3, -0.25) is 4.79 Å². The second-order valence-corrected chi connectivity index (χ2v) is 8.76. The van der Waals surface area contributed by atoms with Crippen molar-refractivity contribution < 1.29 is 19.4 Å². The van der Waals surface area contributed by atoms with Crippen molar-refractivity contribution in [2.75, 3.05) is 23.1 Å². The van der Waals surface area contributed by atoms with Crippen LogP contribution >= 0.6 is 24.0 Å². The molecule has 9 heteroatoms. The van der Waals surface area contributed by atoms with Crippen molar-refractivity contribution in [1.82, 2.24) is 0 Å². The number of benzene rings is 3. The van der Waals surface area contributed by atoms with E-state index < -0.39 is 11.2 Å². The summed E-state index contributed by atoms with van der Waals surface area (Å²) >= 11 is 6.79. The molecule has 0 aliphatic carbocycles. The number of methoxy groups -OCH3 is 1. The van der Waals surface area contributed by atoms with Gasteiger partial charge in [-0.05, 0) is 67.7 Å². The molecule has 33 heavy (non-hydrogen) atoms. The number of carbonyl (C=O) groups is 2. The molecule has 0 aromatic heterocycles. The van der Waals surface area contributed by atoms with E-state index in [2.05, 4.69) is 16.0 Å². The van der Waals surface area contributed by atoms with Crippen molar-refractivity contribution >= 4 is 58.0 Å². The summed E-state index contributed by atoms with van der Waals surface area (Å²) in [6.45, 7) is 1.79. The first kappa shape index (κ1) is 24.1. The summed E-state index contributed by atoms with van der Waals surface area (Å²) in [5.74, 6) is -0.593. The van der Waals surface area contributed by atoms with Crippen molar-refractivity contribution in [3.05, 3.63) is 78.4 Å². The number of carbonyl (C=O) groups excluding carboxylic acids is 1. The summed E-state index contributed by atoms with van der Waals surface area (Å²) in [4.78, 5) is 24.6. The third-order valence-electron chi connectivity index (χ3n) is 4.51. The second kappa shape index (κ2) is 11.3. The Kier molecular flexibility index (Phi) is 8.28. The average Bonchev–Trinajstić information content (AvgIpc) is 2.79. The first-order chi connectivity index (χ1) is 15.9. The van der Waals surface area contributed by atoms with Crippen LogP contribution in [0.4, 0.5) is 17.1 Å². The third kappa shape index (κ3) is 6.96. The van der Waals surface area contributed by atoms with Crippen LogP contribution in [0.2, 0.25) is 0 Å². The maximum atomic E-state index is 12.6. The van der Waals surface area contributed by atoms with Crippen LogP contribution in [0.15, 0.2) is 77.7 Å². The van der Waals surface area contributed by atoms with Crippen LogP contribution in [0.3, 0.4) is 0 Å². The van der Waals surface area contributed by atoms with Crippen molar-refractivity contribution in [1.29, 1.82) is 0 Å². The second-order valence-electron chi connectivity index (χ2n) is 6.94. The smallest absolute Gasteiger partial charge is 0.335 e. The predicted octanol–water partition coefficient (Wildman–Crippen LogP) is 5.32. The minimum Gasteiger partial charge on any atom is -0.495 e. The molecule has 4 N–H and O–H groups in total. The van der Waals surface area contributed by atoms with Crippen LogP contribution in [-0.2, 0) is 4.79 Å². The van der Waals surface area contributed by atoms with Gasteiger partial charge < -0.3 is 25.8 Å². The number of thiocarbonyl (C=S) groups is 1. The van der Waals surface area contributed by atoms with E-state index in [1.54, 1.807) is 26.2 Å². The first-order valence-corrected chi connectivity index (χ1v) is 11.3. The molecule has 0 heterocycles. The summed E-state index contributed by atoms with van der Waals surface area (Å²) in [5.41, 5.74) is 2.08. The molecule has 0 bridgehead atoms. The molecule has 3 rings (SSSR count). The highest BCUT2D eigenvalue weighted by Crippen LogP contribution is 2.27. The van der Waals surface area contributed by atoms with E-state index in [9.17, 15) is 9.59 Å². The highest BCUT2D eigenvalue weighted by Gasteiger charge is 2.16. The lowest BCUT2D eigenvalue weighted by Gasteiger charge is -2.15. The van der Waals surface area contributed by atoms with Crippen molar-refractivity contribution in [3.63, 3.8) is 0 Å². The minimum atomic E-state index is -1.05. The Morgan fingerprint density at radius 1 is 0.939 bits per heavy atom. The fraction of sp³-hybridized carbons (Fsp3) is 0.125. The van der Waals surface area contributed by atoms with Crippen LogP contribution in [-0.4, -0.2) is 34.5 Å². The maximum absolute atomic E-state index is 12.6. The lowest BCUT2D eigenvalue weighted by molar-refractivity contribution is -0.115. The molecule has 0 fully saturated rings. The van der Waals surface area contributed by atoms with Gasteiger partial charge in [-0.2, -0.15) is 0 Å². The number of anilines is 3. The zero-order valence-corrected chi connectivity index (χ0v) is 19.6. The molecular formula is C24H23N3O4S2. The lowest BCUT2D eigenvalue weighted by atomic mass is 10.2. The molecule has 0 aliphatic rings. The number of hydrogen-bond donors (Lipinski definition) is 4. The average molecular weight is 482 g/mol. The van der Waals surface area contributed by atoms with Gasteiger partial charge in [0, 0.05) is 16.3 Å². The van der Waals surface area contributed by atoms with E-state index in [1.807, 2.05) is 48.5 Å². The van der Waals surface area contributed by atoms with E-state index in [0.29, 0.717) is 16.5 Å². The number of carboxylic acids is 1. The molecule has 0 saturated carbocycles. The first-order valence-electron chi connectivity index (χ1n) is 9.97. The standard InChI is InChI=1S/C24H23N3O4S2/c1-15(22(28)25-17-8-5-7-16(13-17)23(29)30)33-19-10-6-9-18(14-19)26-24(32)27-20-11-3-4-12-21(20)31-2/h3-15H,1-2H3,(H,25,28)(H,29,30)(H2,26,27,32). The number of para-hydroxylation sites is 2. The summed E-state index contributed by atoms with van der Waals surface area (Å²) < 4.78 is 5.32. The maximum Gasteiger partial charge on any atom is 0.335 e. The Bertz CT molecular complexity index is 1170. The van der Waals surface area contributed by atoms with Crippen molar-refractivity contribution in [2.24, 2.45) is 0 Å². The Hall–Kier alpha value is -3.56. The van der Waals surface area contributed by atoms with Crippen LogP contribution in [0.25, 0.3) is 0 Å². The number of nitrogens with one attached hydrogen (secondary N) is 3. The Morgan fingerprint density at radius 2 is 1.64 bits per heavy atom. The van der Waals surface area contributed by atoms with E-state index in [4.69, 9.17) is 22.1 Å². The van der Waals surface area contributed by atoms with Crippen LogP contribution < -0.4 is 20.7 Å². The van der Waals surface area contributed by atoms with E-state index in [1.165, 1.54) is 23.9 Å². The SMILES string of the molecule is COc1ccccc1NC(=S)Nc1cccc(SC(C)C(=O)Nc2cccc(C(=O)O)c2)c1. The Morgan fingerprint density at radius 3 is 2.36 bits per heavy atom. The number of ether oxygens (including phenoxy) is 1. The van der Waals surface area contributed by atoms with Gasteiger partial charge in [0.2, 0.25) is 5.91 Å². The number of aromatic carboxylic acids is 1. The van der Waals surface area contributed by atoms with Crippen LogP contribution in [0.1, 0.15) is 17.3 Å². The van der Waals surface area contributed by atoms with Crippen LogP contribution in [0.5, 0.6) is 5.75 Å². The normalized spacial score (nSPS) is 11.2. The largest absolute Gasteiger partial charge is 0.495 e. The quantitative estimate of drug-likeness (QED) is 0.253. The molecule has 1 amide bonds. The molecule has 7 nitrogen and oxygen atoms in total. The number of carboxylic acid groups (broad SMARTS) is 1. The van der Waals surface area contributed by atoms with Gasteiger partial charge in [0.25, 0.3) is 0 Å². The number of hydrogen-bond acceptors (Lipinski definition) is 5. The van der Waals surface area contributed by atoms with E-state index in [-0.39, 0.29) is 11.5 Å². The molecule has 0 aliphatic heterocycles. The van der Waals surface area contributed by atoms with Crippen molar-refractivity contribution in [3.8, 4) is 5.75 Å². The van der Waals surface area contributed by atoms with Gasteiger partial charge >= 0.3 is 5.97 Å². The molecule has 0 spiro atoms.